The zero-order valence-corrected chi connectivity index (χ0v) is 11.1. The van der Waals surface area contributed by atoms with Gasteiger partial charge in [0, 0.05) is 0 Å². The van der Waals surface area contributed by atoms with Crippen LogP contribution < -0.4 is 10.5 Å². The first-order valence-electron chi connectivity index (χ1n) is 5.16. The van der Waals surface area contributed by atoms with E-state index in [0.29, 0.717) is 12.5 Å². The minimum Gasteiger partial charge on any atom is -0.496 e. The lowest BCUT2D eigenvalue weighted by Gasteiger charge is -2.13. The molecule has 0 amide bonds. The van der Waals surface area contributed by atoms with Crippen molar-refractivity contribution in [2.24, 2.45) is 5.73 Å². The van der Waals surface area contributed by atoms with Crippen molar-refractivity contribution < 1.29 is 4.74 Å². The second-order valence-corrected chi connectivity index (χ2v) is 4.68. The van der Waals surface area contributed by atoms with Crippen LogP contribution in [0, 0.1) is 0 Å². The van der Waals surface area contributed by atoms with Crippen molar-refractivity contribution in [2.75, 3.05) is 13.7 Å². The zero-order chi connectivity index (χ0) is 11.4. The molecule has 3 heteroatoms. The summed E-state index contributed by atoms with van der Waals surface area (Å²) in [4.78, 5) is 0. The number of hydrogen-bond donors (Lipinski definition) is 1. The van der Waals surface area contributed by atoms with Gasteiger partial charge in [-0.2, -0.15) is 0 Å². The minimum absolute atomic E-state index is 0.503. The van der Waals surface area contributed by atoms with E-state index in [-0.39, 0.29) is 0 Å². The highest BCUT2D eigenvalue weighted by Gasteiger charge is 2.10. The first kappa shape index (κ1) is 12.5. The van der Waals surface area contributed by atoms with E-state index in [1.807, 2.05) is 0 Å². The van der Waals surface area contributed by atoms with Gasteiger partial charge in [-0.25, -0.2) is 0 Å². The van der Waals surface area contributed by atoms with Gasteiger partial charge in [0.1, 0.15) is 5.75 Å². The molecule has 0 aliphatic rings. The van der Waals surface area contributed by atoms with Crippen LogP contribution in [-0.2, 0) is 6.42 Å². The Bertz CT molecular complexity index is 337. The molecule has 0 aliphatic carbocycles. The Kier molecular flexibility index (Phi) is 4.61. The fraction of sp³-hybridized carbons (Fsp3) is 0.500. The van der Waals surface area contributed by atoms with Crippen LogP contribution in [0.25, 0.3) is 0 Å². The lowest BCUT2D eigenvalue weighted by Crippen LogP contribution is -2.05. The molecule has 1 aromatic carbocycles. The van der Waals surface area contributed by atoms with E-state index in [9.17, 15) is 0 Å². The fourth-order valence-electron chi connectivity index (χ4n) is 1.50. The van der Waals surface area contributed by atoms with Crippen LogP contribution in [0.3, 0.4) is 0 Å². The summed E-state index contributed by atoms with van der Waals surface area (Å²) in [5.74, 6) is 1.40. The van der Waals surface area contributed by atoms with Crippen molar-refractivity contribution in [1.82, 2.24) is 0 Å². The van der Waals surface area contributed by atoms with Crippen LogP contribution in [0.4, 0.5) is 0 Å². The van der Waals surface area contributed by atoms with E-state index in [1.54, 1.807) is 7.11 Å². The van der Waals surface area contributed by atoms with E-state index in [0.717, 1.165) is 16.6 Å². The first-order chi connectivity index (χ1) is 7.10. The van der Waals surface area contributed by atoms with Gasteiger partial charge in [-0.05, 0) is 52.0 Å². The summed E-state index contributed by atoms with van der Waals surface area (Å²) in [7, 11) is 1.69. The molecule has 2 nitrogen and oxygen atoms in total. The second kappa shape index (κ2) is 5.52. The van der Waals surface area contributed by atoms with Crippen LogP contribution in [0.1, 0.15) is 30.9 Å². The molecule has 0 radical (unpaired) electrons. The van der Waals surface area contributed by atoms with Crippen LogP contribution in [0.15, 0.2) is 16.6 Å². The molecule has 1 aromatic rings. The zero-order valence-electron chi connectivity index (χ0n) is 9.51. The summed E-state index contributed by atoms with van der Waals surface area (Å²) >= 11 is 3.55. The minimum atomic E-state index is 0.503. The van der Waals surface area contributed by atoms with Crippen molar-refractivity contribution in [3.05, 3.63) is 27.7 Å². The van der Waals surface area contributed by atoms with E-state index < -0.39 is 0 Å². The first-order valence-corrected chi connectivity index (χ1v) is 5.95. The van der Waals surface area contributed by atoms with Crippen LogP contribution in [0.5, 0.6) is 5.75 Å². The topological polar surface area (TPSA) is 35.2 Å². The third-order valence-electron chi connectivity index (χ3n) is 2.44. The Morgan fingerprint density at radius 2 is 2.07 bits per heavy atom. The highest BCUT2D eigenvalue weighted by Crippen LogP contribution is 2.32. The highest BCUT2D eigenvalue weighted by atomic mass is 79.9. The number of hydrogen-bond acceptors (Lipinski definition) is 2. The van der Waals surface area contributed by atoms with Crippen molar-refractivity contribution in [3.63, 3.8) is 0 Å². The number of halogens is 1. The summed E-state index contributed by atoms with van der Waals surface area (Å²) in [6, 6.07) is 4.28. The third kappa shape index (κ3) is 2.95. The number of ether oxygens (including phenoxy) is 1. The Morgan fingerprint density at radius 1 is 1.40 bits per heavy atom. The van der Waals surface area contributed by atoms with Crippen molar-refractivity contribution >= 4 is 15.9 Å². The van der Waals surface area contributed by atoms with Gasteiger partial charge in [0.15, 0.2) is 0 Å². The van der Waals surface area contributed by atoms with Crippen molar-refractivity contribution in [1.29, 1.82) is 0 Å². The molecule has 0 saturated heterocycles. The number of benzene rings is 1. The Hall–Kier alpha value is -0.540. The maximum atomic E-state index is 5.59. The number of nitrogens with two attached hydrogens (primary N) is 1. The summed E-state index contributed by atoms with van der Waals surface area (Å²) in [5, 5.41) is 0. The molecule has 0 atom stereocenters. The van der Waals surface area contributed by atoms with Crippen LogP contribution >= 0.6 is 15.9 Å². The predicted molar refractivity (Wildman–Crippen MR) is 67.5 cm³/mol. The molecular formula is C12H18BrNO. The lowest BCUT2D eigenvalue weighted by atomic mass is 9.99. The molecule has 0 spiro atoms. The highest BCUT2D eigenvalue weighted by molar-refractivity contribution is 9.10. The molecule has 0 unspecified atom stereocenters. The predicted octanol–water partition coefficient (Wildman–Crippen LogP) is 3.08. The van der Waals surface area contributed by atoms with Gasteiger partial charge in [-0.3, -0.25) is 0 Å². The van der Waals surface area contributed by atoms with Gasteiger partial charge in [-0.15, -0.1) is 0 Å². The quantitative estimate of drug-likeness (QED) is 0.914. The van der Waals surface area contributed by atoms with E-state index in [4.69, 9.17) is 10.5 Å². The average Bonchev–Trinajstić information content (AvgIpc) is 2.21. The molecule has 15 heavy (non-hydrogen) atoms. The van der Waals surface area contributed by atoms with E-state index >= 15 is 0 Å². The maximum Gasteiger partial charge on any atom is 0.133 e. The number of methoxy groups -OCH3 is 1. The molecule has 0 saturated carbocycles. The van der Waals surface area contributed by atoms with Crippen LogP contribution in [-0.4, -0.2) is 13.7 Å². The van der Waals surface area contributed by atoms with Crippen molar-refractivity contribution in [2.45, 2.75) is 26.2 Å². The third-order valence-corrected chi connectivity index (χ3v) is 3.34. The molecule has 84 valence electrons. The maximum absolute atomic E-state index is 5.59. The lowest BCUT2D eigenvalue weighted by molar-refractivity contribution is 0.410. The summed E-state index contributed by atoms with van der Waals surface area (Å²) in [6.45, 7) is 5.01. The summed E-state index contributed by atoms with van der Waals surface area (Å²) < 4.78 is 6.36. The van der Waals surface area contributed by atoms with E-state index in [2.05, 4.69) is 41.9 Å². The second-order valence-electron chi connectivity index (χ2n) is 3.89. The Balaban J connectivity index is 3.19. The van der Waals surface area contributed by atoms with Gasteiger partial charge in [0.25, 0.3) is 0 Å². The van der Waals surface area contributed by atoms with Gasteiger partial charge in [0.2, 0.25) is 0 Å². The standard InChI is InChI=1S/C12H18BrNO/c1-8(2)10-6-9(4-5-14)12(13)11(7-10)15-3/h6-8H,4-5,14H2,1-3H3. The SMILES string of the molecule is COc1cc(C(C)C)cc(CCN)c1Br. The monoisotopic (exact) mass is 271 g/mol. The molecule has 0 heterocycles. The van der Waals surface area contributed by atoms with Gasteiger partial charge < -0.3 is 10.5 Å². The molecule has 1 rings (SSSR count). The van der Waals surface area contributed by atoms with Gasteiger partial charge in [0.05, 0.1) is 11.6 Å². The molecule has 0 aliphatic heterocycles. The smallest absolute Gasteiger partial charge is 0.133 e. The normalized spacial score (nSPS) is 10.8. The Labute approximate surface area is 99.9 Å². The van der Waals surface area contributed by atoms with E-state index in [1.165, 1.54) is 11.1 Å². The van der Waals surface area contributed by atoms with Gasteiger partial charge in [-0.1, -0.05) is 19.9 Å². The van der Waals surface area contributed by atoms with Gasteiger partial charge >= 0.3 is 0 Å². The largest absolute Gasteiger partial charge is 0.496 e. The van der Waals surface area contributed by atoms with Crippen molar-refractivity contribution in [3.8, 4) is 5.75 Å². The average molecular weight is 272 g/mol. The molecule has 2 N–H and O–H groups in total. The number of rotatable bonds is 4. The summed E-state index contributed by atoms with van der Waals surface area (Å²) in [6.07, 6.45) is 0.873. The molecular weight excluding hydrogens is 254 g/mol. The molecule has 0 bridgehead atoms. The Morgan fingerprint density at radius 3 is 2.53 bits per heavy atom. The molecule has 0 fully saturated rings. The molecule has 0 aromatic heterocycles. The van der Waals surface area contributed by atoms with Crippen LogP contribution in [0.2, 0.25) is 0 Å². The fourth-order valence-corrected chi connectivity index (χ4v) is 2.09. The summed E-state index contributed by atoms with van der Waals surface area (Å²) in [5.41, 5.74) is 8.10.